The summed E-state index contributed by atoms with van der Waals surface area (Å²) in [4.78, 5) is 7.11. The van der Waals surface area contributed by atoms with Crippen LogP contribution in [0.25, 0.3) is 27.9 Å². The number of rotatable bonds is 3. The summed E-state index contributed by atoms with van der Waals surface area (Å²) in [5.74, 6) is 0.171. The van der Waals surface area contributed by atoms with Crippen LogP contribution in [0.1, 0.15) is 12.6 Å². The van der Waals surface area contributed by atoms with E-state index in [0.717, 1.165) is 40.2 Å². The molecule has 1 saturated heterocycles. The van der Waals surface area contributed by atoms with Crippen LogP contribution in [0.3, 0.4) is 0 Å². The highest BCUT2D eigenvalue weighted by atomic mass is 19.1. The van der Waals surface area contributed by atoms with Crippen molar-refractivity contribution in [2.75, 3.05) is 30.3 Å². The van der Waals surface area contributed by atoms with Crippen LogP contribution in [0.4, 0.5) is 15.9 Å². The van der Waals surface area contributed by atoms with Gasteiger partial charge in [-0.15, -0.1) is 0 Å². The van der Waals surface area contributed by atoms with Gasteiger partial charge in [0.15, 0.2) is 5.65 Å². The monoisotopic (exact) mass is 432 g/mol. The fraction of sp³-hybridized carbons (Fsp3) is 0.250. The van der Waals surface area contributed by atoms with E-state index in [1.807, 2.05) is 19.1 Å². The summed E-state index contributed by atoms with van der Waals surface area (Å²) in [7, 11) is 0. The molecule has 8 heteroatoms. The Morgan fingerprint density at radius 1 is 1.09 bits per heavy atom. The number of halogens is 1. The molecule has 0 amide bonds. The lowest BCUT2D eigenvalue weighted by Gasteiger charge is -2.38. The van der Waals surface area contributed by atoms with E-state index in [4.69, 9.17) is 10.7 Å². The molecule has 1 aliphatic rings. The average Bonchev–Trinajstić information content (AvgIpc) is 3.19. The van der Waals surface area contributed by atoms with E-state index < -0.39 is 0 Å². The fourth-order valence-corrected chi connectivity index (χ4v) is 4.48. The highest BCUT2D eigenvalue weighted by Gasteiger charge is 2.23. The molecule has 164 valence electrons. The lowest BCUT2D eigenvalue weighted by atomic mass is 10.0. The van der Waals surface area contributed by atoms with Crippen LogP contribution in [0.15, 0.2) is 54.7 Å². The molecule has 4 aromatic rings. The number of piperazine rings is 1. The fourth-order valence-electron chi connectivity index (χ4n) is 4.48. The lowest BCUT2D eigenvalue weighted by Crippen LogP contribution is -2.50. The minimum atomic E-state index is -0.296. The number of nitrogens with two attached hydrogens (primary N) is 1. The normalized spacial score (nSPS) is 17.2. The smallest absolute Gasteiger partial charge is 0.165 e. The number of benzene rings is 2. The Kier molecular flexibility index (Phi) is 5.03. The first-order valence-corrected chi connectivity index (χ1v) is 10.6. The third-order valence-corrected chi connectivity index (χ3v) is 6.09. The zero-order valence-electron chi connectivity index (χ0n) is 18.0. The summed E-state index contributed by atoms with van der Waals surface area (Å²) in [6.07, 6.45) is 1.78. The number of anilines is 2. The second-order valence-corrected chi connectivity index (χ2v) is 8.26. The van der Waals surface area contributed by atoms with E-state index in [1.165, 1.54) is 17.2 Å². The first-order chi connectivity index (χ1) is 15.4. The molecule has 1 unspecified atom stereocenters. The van der Waals surface area contributed by atoms with Crippen LogP contribution < -0.4 is 10.6 Å². The number of hydrogen-bond acceptors (Lipinski definition) is 6. The molecule has 1 fully saturated rings. The molecule has 1 aliphatic heterocycles. The molecule has 0 aliphatic carbocycles. The topological polar surface area (TPSA) is 82.9 Å². The van der Waals surface area contributed by atoms with Crippen LogP contribution in [0.2, 0.25) is 0 Å². The maximum atomic E-state index is 13.4. The zero-order valence-corrected chi connectivity index (χ0v) is 18.0. The minimum Gasteiger partial charge on any atom is -0.383 e. The molecule has 0 radical (unpaired) electrons. The van der Waals surface area contributed by atoms with E-state index in [2.05, 4.69) is 29.1 Å². The quantitative estimate of drug-likeness (QED) is 0.509. The summed E-state index contributed by atoms with van der Waals surface area (Å²) in [6, 6.07) is 14.7. The van der Waals surface area contributed by atoms with Gasteiger partial charge in [-0.3, -0.25) is 0 Å². The second-order valence-electron chi connectivity index (χ2n) is 8.26. The van der Waals surface area contributed by atoms with Crippen LogP contribution in [0, 0.1) is 12.7 Å². The van der Waals surface area contributed by atoms with E-state index in [9.17, 15) is 9.60 Å². The van der Waals surface area contributed by atoms with Gasteiger partial charge in [0.2, 0.25) is 0 Å². The average molecular weight is 433 g/mol. The Hall–Kier alpha value is -3.49. The predicted octanol–water partition coefficient (Wildman–Crippen LogP) is 3.99. The van der Waals surface area contributed by atoms with E-state index in [-0.39, 0.29) is 11.9 Å². The summed E-state index contributed by atoms with van der Waals surface area (Å²) >= 11 is 0. The number of nitrogen functional groups attached to an aromatic ring is 1. The molecule has 5 rings (SSSR count). The van der Waals surface area contributed by atoms with Crippen LogP contribution in [-0.4, -0.2) is 50.5 Å². The molecule has 1 atom stereocenters. The number of hydrogen-bond donors (Lipinski definition) is 2. The van der Waals surface area contributed by atoms with Crippen molar-refractivity contribution < 1.29 is 9.60 Å². The van der Waals surface area contributed by atoms with Gasteiger partial charge in [-0.05, 0) is 49.2 Å². The summed E-state index contributed by atoms with van der Waals surface area (Å²) in [6.45, 7) is 5.96. The SMILES string of the molecule is Cc1nc2c(-c3cccc(N4CCN(O)CC4C)c3)cnn2c(N)c1-c1ccc(F)cc1. The Labute approximate surface area is 185 Å². The van der Waals surface area contributed by atoms with Gasteiger partial charge in [0.1, 0.15) is 11.6 Å². The maximum Gasteiger partial charge on any atom is 0.165 e. The number of nitrogens with zero attached hydrogens (tertiary/aromatic N) is 5. The first-order valence-electron chi connectivity index (χ1n) is 10.6. The van der Waals surface area contributed by atoms with Crippen LogP contribution >= 0.6 is 0 Å². The van der Waals surface area contributed by atoms with Gasteiger partial charge in [0.05, 0.1) is 11.9 Å². The van der Waals surface area contributed by atoms with Gasteiger partial charge >= 0.3 is 0 Å². The highest BCUT2D eigenvalue weighted by Crippen LogP contribution is 2.34. The molecule has 32 heavy (non-hydrogen) atoms. The summed E-state index contributed by atoms with van der Waals surface area (Å²) in [5, 5.41) is 15.7. The van der Waals surface area contributed by atoms with Gasteiger partial charge in [-0.25, -0.2) is 9.37 Å². The van der Waals surface area contributed by atoms with E-state index >= 15 is 0 Å². The van der Waals surface area contributed by atoms with Gasteiger partial charge in [-0.2, -0.15) is 14.7 Å². The van der Waals surface area contributed by atoms with Gasteiger partial charge in [0, 0.05) is 42.5 Å². The van der Waals surface area contributed by atoms with Gasteiger partial charge in [0.25, 0.3) is 0 Å². The number of aryl methyl sites for hydroxylation is 1. The van der Waals surface area contributed by atoms with Crippen molar-refractivity contribution in [2.45, 2.75) is 19.9 Å². The summed E-state index contributed by atoms with van der Waals surface area (Å²) < 4.78 is 15.0. The summed E-state index contributed by atoms with van der Waals surface area (Å²) in [5.41, 5.74) is 12.4. The Bertz CT molecular complexity index is 1290. The molecule has 0 saturated carbocycles. The molecule has 2 aromatic carbocycles. The number of fused-ring (bicyclic) bond motifs is 1. The Morgan fingerprint density at radius 2 is 1.88 bits per heavy atom. The number of hydroxylamine groups is 2. The van der Waals surface area contributed by atoms with Crippen molar-refractivity contribution >= 4 is 17.2 Å². The maximum absolute atomic E-state index is 13.4. The zero-order chi connectivity index (χ0) is 22.4. The van der Waals surface area contributed by atoms with Crippen molar-refractivity contribution in [1.29, 1.82) is 0 Å². The van der Waals surface area contributed by atoms with Gasteiger partial charge < -0.3 is 15.8 Å². The second kappa shape index (κ2) is 7.89. The standard InChI is InChI=1S/C24H25FN6O/c1-15-14-29(32)10-11-30(15)20-5-3-4-18(12-20)21-13-27-31-23(26)22(16(2)28-24(21)31)17-6-8-19(25)9-7-17/h3-9,12-13,15,32H,10-11,14,26H2,1-2H3. The molecule has 3 heterocycles. The van der Waals surface area contributed by atoms with Crippen molar-refractivity contribution in [2.24, 2.45) is 0 Å². The predicted molar refractivity (Wildman–Crippen MR) is 123 cm³/mol. The molecule has 0 bridgehead atoms. The molecular weight excluding hydrogens is 407 g/mol. The third kappa shape index (κ3) is 3.47. The van der Waals surface area contributed by atoms with Crippen molar-refractivity contribution in [3.63, 3.8) is 0 Å². The van der Waals surface area contributed by atoms with E-state index in [0.29, 0.717) is 24.6 Å². The minimum absolute atomic E-state index is 0.196. The van der Waals surface area contributed by atoms with Crippen LogP contribution in [-0.2, 0) is 0 Å². The van der Waals surface area contributed by atoms with Crippen LogP contribution in [0.5, 0.6) is 0 Å². The molecule has 0 spiro atoms. The molecule has 3 N–H and O–H groups in total. The van der Waals surface area contributed by atoms with E-state index in [1.54, 1.807) is 22.8 Å². The van der Waals surface area contributed by atoms with Crippen molar-refractivity contribution in [1.82, 2.24) is 19.7 Å². The largest absolute Gasteiger partial charge is 0.383 e. The van der Waals surface area contributed by atoms with Crippen molar-refractivity contribution in [3.8, 4) is 22.3 Å². The molecule has 2 aromatic heterocycles. The molecule has 7 nitrogen and oxygen atoms in total. The number of aromatic nitrogens is 3. The highest BCUT2D eigenvalue weighted by molar-refractivity contribution is 5.84. The molecular formula is C24H25FN6O. The Balaban J connectivity index is 1.57. The Morgan fingerprint density at radius 3 is 2.62 bits per heavy atom. The van der Waals surface area contributed by atoms with Crippen molar-refractivity contribution in [3.05, 3.63) is 66.2 Å². The first kappa shape index (κ1) is 20.4. The third-order valence-electron chi connectivity index (χ3n) is 6.09. The lowest BCUT2D eigenvalue weighted by molar-refractivity contribution is -0.101. The van der Waals surface area contributed by atoms with Gasteiger partial charge in [-0.1, -0.05) is 24.3 Å².